The van der Waals surface area contributed by atoms with Gasteiger partial charge in [-0.15, -0.1) is 0 Å². The second-order valence-corrected chi connectivity index (χ2v) is 5.80. The lowest BCUT2D eigenvalue weighted by Crippen LogP contribution is -2.27. The Hall–Kier alpha value is -2.02. The van der Waals surface area contributed by atoms with Gasteiger partial charge in [0.25, 0.3) is 5.69 Å². The normalized spacial score (nSPS) is 10.3. The molecule has 0 aliphatic carbocycles. The fraction of sp³-hybridized carbons (Fsp3) is 0.133. The van der Waals surface area contributed by atoms with Crippen molar-refractivity contribution in [3.8, 4) is 0 Å². The first-order valence-corrected chi connectivity index (χ1v) is 7.84. The fourth-order valence-electron chi connectivity index (χ4n) is 2.01. The maximum Gasteiger partial charge on any atom is 0.419 e. The van der Waals surface area contributed by atoms with Gasteiger partial charge in [-0.25, -0.2) is 9.69 Å². The number of hydrogen-bond acceptors (Lipinski definition) is 4. The number of anilines is 2. The Balaban J connectivity index is 2.68. The van der Waals surface area contributed by atoms with Gasteiger partial charge in [0.15, 0.2) is 0 Å². The van der Waals surface area contributed by atoms with Gasteiger partial charge in [-0.05, 0) is 37.3 Å². The Bertz CT molecular complexity index is 798. The van der Waals surface area contributed by atoms with Crippen molar-refractivity contribution in [1.29, 1.82) is 0 Å². The third-order valence-electron chi connectivity index (χ3n) is 2.98. The quantitative estimate of drug-likeness (QED) is 0.485. The average molecular weight is 390 g/mol. The third-order valence-corrected chi connectivity index (χ3v) is 3.75. The van der Waals surface area contributed by atoms with Gasteiger partial charge in [0.1, 0.15) is 5.69 Å². The highest BCUT2D eigenvalue weighted by atomic mass is 35.5. The van der Waals surface area contributed by atoms with Crippen LogP contribution in [-0.2, 0) is 4.74 Å². The van der Waals surface area contributed by atoms with E-state index in [1.54, 1.807) is 6.92 Å². The minimum absolute atomic E-state index is 0.0212. The zero-order valence-electron chi connectivity index (χ0n) is 12.3. The van der Waals surface area contributed by atoms with Crippen molar-refractivity contribution in [3.63, 3.8) is 0 Å². The number of rotatable bonds is 4. The van der Waals surface area contributed by atoms with Crippen molar-refractivity contribution in [2.75, 3.05) is 11.5 Å². The molecule has 0 aromatic heterocycles. The van der Waals surface area contributed by atoms with E-state index in [0.29, 0.717) is 5.02 Å². The van der Waals surface area contributed by atoms with E-state index in [9.17, 15) is 14.9 Å². The summed E-state index contributed by atoms with van der Waals surface area (Å²) >= 11 is 17.8. The summed E-state index contributed by atoms with van der Waals surface area (Å²) in [5, 5.41) is 12.0. The summed E-state index contributed by atoms with van der Waals surface area (Å²) in [5.74, 6) is 0. The highest BCUT2D eigenvalue weighted by molar-refractivity contribution is 6.37. The number of hydrogen-bond donors (Lipinski definition) is 0. The summed E-state index contributed by atoms with van der Waals surface area (Å²) < 4.78 is 5.00. The topological polar surface area (TPSA) is 72.7 Å². The van der Waals surface area contributed by atoms with E-state index >= 15 is 0 Å². The molecule has 0 radical (unpaired) electrons. The van der Waals surface area contributed by atoms with Gasteiger partial charge in [0.05, 0.1) is 22.2 Å². The van der Waals surface area contributed by atoms with E-state index in [4.69, 9.17) is 39.5 Å². The van der Waals surface area contributed by atoms with Crippen LogP contribution in [0, 0.1) is 10.1 Å². The highest BCUT2D eigenvalue weighted by Gasteiger charge is 2.29. The van der Waals surface area contributed by atoms with Crippen molar-refractivity contribution in [3.05, 3.63) is 61.6 Å². The molecule has 0 spiro atoms. The van der Waals surface area contributed by atoms with Crippen LogP contribution in [0.1, 0.15) is 6.92 Å². The SMILES string of the molecule is CCOC(=O)N(c1ccc(Cl)cc1Cl)c1ccc(Cl)cc1[N+](=O)[O-]. The minimum Gasteiger partial charge on any atom is -0.449 e. The summed E-state index contributed by atoms with van der Waals surface area (Å²) in [6.07, 6.45) is -0.813. The molecule has 0 aliphatic rings. The zero-order chi connectivity index (χ0) is 17.9. The summed E-state index contributed by atoms with van der Waals surface area (Å²) in [5.41, 5.74) is -0.182. The molecule has 0 fully saturated rings. The van der Waals surface area contributed by atoms with Crippen molar-refractivity contribution in [2.45, 2.75) is 6.92 Å². The molecule has 6 nitrogen and oxygen atoms in total. The van der Waals surface area contributed by atoms with E-state index in [1.807, 2.05) is 0 Å². The molecule has 0 heterocycles. The van der Waals surface area contributed by atoms with Gasteiger partial charge >= 0.3 is 6.09 Å². The Labute approximate surface area is 152 Å². The molecule has 0 aliphatic heterocycles. The molecule has 126 valence electrons. The number of nitro groups is 1. The lowest BCUT2D eigenvalue weighted by molar-refractivity contribution is -0.384. The van der Waals surface area contributed by atoms with Crippen molar-refractivity contribution in [2.24, 2.45) is 0 Å². The molecule has 2 aromatic rings. The predicted molar refractivity (Wildman–Crippen MR) is 93.7 cm³/mol. The first-order chi connectivity index (χ1) is 11.3. The fourth-order valence-corrected chi connectivity index (χ4v) is 2.67. The summed E-state index contributed by atoms with van der Waals surface area (Å²) in [7, 11) is 0. The van der Waals surface area contributed by atoms with Gasteiger partial charge in [-0.2, -0.15) is 0 Å². The predicted octanol–water partition coefficient (Wildman–Crippen LogP) is 5.85. The Kier molecular flexibility index (Phi) is 5.88. The van der Waals surface area contributed by atoms with Gasteiger partial charge < -0.3 is 4.74 Å². The van der Waals surface area contributed by atoms with Crippen LogP contribution >= 0.6 is 34.8 Å². The van der Waals surface area contributed by atoms with Crippen LogP contribution in [0.4, 0.5) is 21.9 Å². The Morgan fingerprint density at radius 3 is 2.25 bits per heavy atom. The summed E-state index contributed by atoms with van der Waals surface area (Å²) in [6, 6.07) is 8.33. The Morgan fingerprint density at radius 1 is 1.12 bits per heavy atom. The monoisotopic (exact) mass is 388 g/mol. The molecule has 0 atom stereocenters. The van der Waals surface area contributed by atoms with Crippen LogP contribution in [-0.4, -0.2) is 17.6 Å². The first kappa shape index (κ1) is 18.3. The van der Waals surface area contributed by atoms with Crippen LogP contribution in [0.2, 0.25) is 15.1 Å². The van der Waals surface area contributed by atoms with E-state index in [-0.39, 0.29) is 33.7 Å². The van der Waals surface area contributed by atoms with Gasteiger partial charge in [-0.3, -0.25) is 10.1 Å². The van der Waals surface area contributed by atoms with Crippen molar-refractivity contribution in [1.82, 2.24) is 0 Å². The largest absolute Gasteiger partial charge is 0.449 e. The maximum atomic E-state index is 12.4. The molecule has 0 saturated carbocycles. The van der Waals surface area contributed by atoms with Crippen molar-refractivity contribution >= 4 is 58.0 Å². The first-order valence-electron chi connectivity index (χ1n) is 6.71. The minimum atomic E-state index is -0.813. The number of carbonyl (C=O) groups is 1. The molecule has 2 rings (SSSR count). The van der Waals surface area contributed by atoms with Gasteiger partial charge in [0.2, 0.25) is 0 Å². The number of carbonyl (C=O) groups excluding carboxylic acids is 1. The number of nitro benzene ring substituents is 1. The van der Waals surface area contributed by atoms with Crippen LogP contribution in [0.15, 0.2) is 36.4 Å². The standard InChI is InChI=1S/C15H11Cl3N2O4/c1-2-24-15(21)19(12-5-3-9(16)7-11(12)18)13-6-4-10(17)8-14(13)20(22)23/h3-8H,2H2,1H3. The van der Waals surface area contributed by atoms with Gasteiger partial charge in [-0.1, -0.05) is 34.8 Å². The molecule has 9 heteroatoms. The van der Waals surface area contributed by atoms with E-state index < -0.39 is 11.0 Å². The van der Waals surface area contributed by atoms with Crippen LogP contribution < -0.4 is 4.90 Å². The number of halogens is 3. The maximum absolute atomic E-state index is 12.4. The highest BCUT2D eigenvalue weighted by Crippen LogP contribution is 2.39. The van der Waals surface area contributed by atoms with Crippen LogP contribution in [0.5, 0.6) is 0 Å². The molecule has 0 unspecified atom stereocenters. The van der Waals surface area contributed by atoms with Crippen LogP contribution in [0.3, 0.4) is 0 Å². The zero-order valence-corrected chi connectivity index (χ0v) is 14.6. The van der Waals surface area contributed by atoms with E-state index in [1.165, 1.54) is 30.3 Å². The number of ether oxygens (including phenoxy) is 1. The molecule has 0 saturated heterocycles. The van der Waals surface area contributed by atoms with Gasteiger partial charge in [0, 0.05) is 16.1 Å². The molecule has 2 aromatic carbocycles. The lowest BCUT2D eigenvalue weighted by Gasteiger charge is -2.23. The summed E-state index contributed by atoms with van der Waals surface area (Å²) in [6.45, 7) is 1.71. The van der Waals surface area contributed by atoms with Crippen molar-refractivity contribution < 1.29 is 14.5 Å². The molecule has 0 bridgehead atoms. The number of benzene rings is 2. The molecular formula is C15H11Cl3N2O4. The van der Waals surface area contributed by atoms with E-state index in [2.05, 4.69) is 0 Å². The average Bonchev–Trinajstić information content (AvgIpc) is 2.51. The van der Waals surface area contributed by atoms with E-state index in [0.717, 1.165) is 11.0 Å². The smallest absolute Gasteiger partial charge is 0.419 e. The molecular weight excluding hydrogens is 379 g/mol. The second-order valence-electron chi connectivity index (χ2n) is 4.52. The third kappa shape index (κ3) is 3.90. The lowest BCUT2D eigenvalue weighted by atomic mass is 10.2. The molecule has 24 heavy (non-hydrogen) atoms. The van der Waals surface area contributed by atoms with Crippen LogP contribution in [0.25, 0.3) is 0 Å². The molecule has 0 N–H and O–H groups in total. The number of amides is 1. The second kappa shape index (κ2) is 7.70. The number of nitrogens with zero attached hydrogens (tertiary/aromatic N) is 2. The Morgan fingerprint density at radius 2 is 1.71 bits per heavy atom. The molecule has 1 amide bonds. The summed E-state index contributed by atoms with van der Waals surface area (Å²) in [4.78, 5) is 24.1.